The van der Waals surface area contributed by atoms with Gasteiger partial charge in [0.2, 0.25) is 5.91 Å². The second-order valence-electron chi connectivity index (χ2n) is 7.61. The van der Waals surface area contributed by atoms with Crippen LogP contribution in [0.2, 0.25) is 0 Å². The third kappa shape index (κ3) is 5.25. The van der Waals surface area contributed by atoms with Crippen molar-refractivity contribution >= 4 is 17.7 Å². The van der Waals surface area contributed by atoms with Crippen molar-refractivity contribution in [2.24, 2.45) is 5.73 Å². The van der Waals surface area contributed by atoms with Crippen LogP contribution in [0.15, 0.2) is 78.0 Å². The molecule has 0 aliphatic carbocycles. The van der Waals surface area contributed by atoms with E-state index >= 15 is 0 Å². The zero-order valence-corrected chi connectivity index (χ0v) is 19.0. The second kappa shape index (κ2) is 10.3. The number of thioether (sulfide) groups is 1. The molecular formula is C26H24N4O2S. The molecule has 2 heterocycles. The summed E-state index contributed by atoms with van der Waals surface area (Å²) < 4.78 is 5.43. The molecule has 0 spiro atoms. The van der Waals surface area contributed by atoms with Gasteiger partial charge in [0.05, 0.1) is 24.5 Å². The van der Waals surface area contributed by atoms with Gasteiger partial charge in [0, 0.05) is 41.2 Å². The topological polar surface area (TPSA) is 92.2 Å². The molecule has 0 saturated carbocycles. The molecule has 166 valence electrons. The minimum absolute atomic E-state index is 0.422. The molecule has 1 aliphatic rings. The van der Waals surface area contributed by atoms with E-state index in [0.717, 1.165) is 41.2 Å². The average molecular weight is 457 g/mol. The van der Waals surface area contributed by atoms with Crippen LogP contribution in [-0.2, 0) is 4.74 Å². The van der Waals surface area contributed by atoms with E-state index in [9.17, 15) is 10.1 Å². The van der Waals surface area contributed by atoms with Gasteiger partial charge in [0.15, 0.2) is 0 Å². The number of morpholine rings is 1. The van der Waals surface area contributed by atoms with Crippen LogP contribution in [0.5, 0.6) is 0 Å². The first kappa shape index (κ1) is 22.6. The number of ether oxygens (including phenoxy) is 1. The largest absolute Gasteiger partial charge is 0.378 e. The number of nitriles is 1. The van der Waals surface area contributed by atoms with Crippen LogP contribution < -0.4 is 5.73 Å². The number of hydrogen-bond acceptors (Lipinski definition) is 6. The molecular weight excluding hydrogens is 432 g/mol. The van der Waals surface area contributed by atoms with E-state index in [1.807, 2.05) is 48.5 Å². The summed E-state index contributed by atoms with van der Waals surface area (Å²) >= 11 is 1.51. The molecule has 7 heteroatoms. The number of pyridine rings is 1. The second-order valence-corrected chi connectivity index (χ2v) is 8.57. The molecule has 0 unspecified atom stereocenters. The molecule has 33 heavy (non-hydrogen) atoms. The van der Waals surface area contributed by atoms with Gasteiger partial charge in [-0.3, -0.25) is 4.79 Å². The van der Waals surface area contributed by atoms with Gasteiger partial charge >= 0.3 is 0 Å². The number of nitrogens with zero attached hydrogens (tertiary/aromatic N) is 3. The Kier molecular flexibility index (Phi) is 7.08. The van der Waals surface area contributed by atoms with E-state index in [-0.39, 0.29) is 0 Å². The van der Waals surface area contributed by atoms with Crippen LogP contribution in [0.4, 0.5) is 0 Å². The van der Waals surface area contributed by atoms with E-state index < -0.39 is 5.91 Å². The highest BCUT2D eigenvalue weighted by Crippen LogP contribution is 2.35. The SMILES string of the molecule is C=C(CSc1nc(-c2ccccc2)cc(-c2ccc(C(N)=O)cc2)c1C#N)N1CCOCC1. The first-order valence-electron chi connectivity index (χ1n) is 10.6. The summed E-state index contributed by atoms with van der Waals surface area (Å²) in [7, 11) is 0. The van der Waals surface area contributed by atoms with Crippen molar-refractivity contribution in [2.75, 3.05) is 32.1 Å². The normalized spacial score (nSPS) is 13.4. The van der Waals surface area contributed by atoms with Gasteiger partial charge in [-0.1, -0.05) is 60.8 Å². The van der Waals surface area contributed by atoms with Crippen molar-refractivity contribution in [2.45, 2.75) is 5.03 Å². The Balaban J connectivity index is 1.72. The van der Waals surface area contributed by atoms with Crippen molar-refractivity contribution in [3.63, 3.8) is 0 Å². The van der Waals surface area contributed by atoms with Gasteiger partial charge in [-0.2, -0.15) is 5.26 Å². The number of amides is 1. The Morgan fingerprint density at radius 2 is 1.82 bits per heavy atom. The maximum Gasteiger partial charge on any atom is 0.248 e. The Labute approximate surface area is 197 Å². The number of carbonyl (C=O) groups excluding carboxylic acids is 1. The van der Waals surface area contributed by atoms with Crippen molar-refractivity contribution in [1.29, 1.82) is 5.26 Å². The molecule has 2 N–H and O–H groups in total. The summed E-state index contributed by atoms with van der Waals surface area (Å²) in [6, 6.07) is 21.1. The Morgan fingerprint density at radius 3 is 2.45 bits per heavy atom. The van der Waals surface area contributed by atoms with Gasteiger partial charge in [0.1, 0.15) is 11.1 Å². The molecule has 0 atom stereocenters. The zero-order valence-electron chi connectivity index (χ0n) is 18.2. The third-order valence-corrected chi connectivity index (χ3v) is 6.53. The highest BCUT2D eigenvalue weighted by atomic mass is 32.2. The monoisotopic (exact) mass is 456 g/mol. The van der Waals surface area contributed by atoms with Gasteiger partial charge in [-0.25, -0.2) is 4.98 Å². The number of primary amides is 1. The average Bonchev–Trinajstić information content (AvgIpc) is 2.87. The number of hydrogen-bond donors (Lipinski definition) is 1. The lowest BCUT2D eigenvalue weighted by Crippen LogP contribution is -2.35. The smallest absolute Gasteiger partial charge is 0.248 e. The molecule has 1 aliphatic heterocycles. The fourth-order valence-corrected chi connectivity index (χ4v) is 4.60. The van der Waals surface area contributed by atoms with Crippen molar-refractivity contribution < 1.29 is 9.53 Å². The molecule has 1 fully saturated rings. The van der Waals surface area contributed by atoms with Crippen LogP contribution in [0.25, 0.3) is 22.4 Å². The number of carbonyl (C=O) groups is 1. The highest BCUT2D eigenvalue weighted by Gasteiger charge is 2.18. The van der Waals surface area contributed by atoms with Gasteiger partial charge in [0.25, 0.3) is 0 Å². The van der Waals surface area contributed by atoms with Crippen LogP contribution in [0, 0.1) is 11.3 Å². The van der Waals surface area contributed by atoms with E-state index in [0.29, 0.717) is 35.1 Å². The Hall–Kier alpha value is -3.60. The fourth-order valence-electron chi connectivity index (χ4n) is 3.66. The van der Waals surface area contributed by atoms with E-state index in [1.165, 1.54) is 11.8 Å². The molecule has 2 aromatic carbocycles. The minimum atomic E-state index is -0.486. The maximum atomic E-state index is 11.5. The first-order valence-corrected chi connectivity index (χ1v) is 11.6. The maximum absolute atomic E-state index is 11.5. The first-order chi connectivity index (χ1) is 16.1. The fraction of sp³-hybridized carbons (Fsp3) is 0.192. The number of nitrogens with two attached hydrogens (primary N) is 1. The molecule has 1 saturated heterocycles. The van der Waals surface area contributed by atoms with Crippen LogP contribution >= 0.6 is 11.8 Å². The lowest BCUT2D eigenvalue weighted by Gasteiger charge is -2.30. The third-order valence-electron chi connectivity index (χ3n) is 5.48. The lowest BCUT2D eigenvalue weighted by atomic mass is 9.98. The van der Waals surface area contributed by atoms with Crippen molar-refractivity contribution in [1.82, 2.24) is 9.88 Å². The van der Waals surface area contributed by atoms with E-state index in [4.69, 9.17) is 15.5 Å². The van der Waals surface area contributed by atoms with Crippen LogP contribution in [0.1, 0.15) is 15.9 Å². The summed E-state index contributed by atoms with van der Waals surface area (Å²) in [5, 5.41) is 10.7. The summed E-state index contributed by atoms with van der Waals surface area (Å²) in [6.45, 7) is 7.26. The van der Waals surface area contributed by atoms with Crippen molar-refractivity contribution in [3.8, 4) is 28.5 Å². The minimum Gasteiger partial charge on any atom is -0.378 e. The van der Waals surface area contributed by atoms with E-state index in [1.54, 1.807) is 12.1 Å². The summed E-state index contributed by atoms with van der Waals surface area (Å²) in [5.74, 6) is 0.139. The molecule has 0 radical (unpaired) electrons. The van der Waals surface area contributed by atoms with Gasteiger partial charge < -0.3 is 15.4 Å². The summed E-state index contributed by atoms with van der Waals surface area (Å²) in [6.07, 6.45) is 0. The Morgan fingerprint density at radius 1 is 1.12 bits per heavy atom. The lowest BCUT2D eigenvalue weighted by molar-refractivity contribution is 0.0542. The predicted octanol–water partition coefficient (Wildman–Crippen LogP) is 4.32. The van der Waals surface area contributed by atoms with Crippen molar-refractivity contribution in [3.05, 3.63) is 84.1 Å². The number of rotatable bonds is 7. The summed E-state index contributed by atoms with van der Waals surface area (Å²) in [5.41, 5.74) is 10.6. The standard InChI is InChI=1S/C26H24N4O2S/c1-18(30-11-13-32-14-12-30)17-33-26-23(16-27)22(19-7-9-21(10-8-19)25(28)31)15-24(29-26)20-5-3-2-4-6-20/h2-10,15H,1,11-14,17H2,(H2,28,31). The van der Waals surface area contributed by atoms with Gasteiger partial charge in [-0.05, 0) is 23.8 Å². The summed E-state index contributed by atoms with van der Waals surface area (Å²) in [4.78, 5) is 18.5. The van der Waals surface area contributed by atoms with E-state index in [2.05, 4.69) is 17.5 Å². The molecule has 3 aromatic rings. The number of aromatic nitrogens is 1. The van der Waals surface area contributed by atoms with Gasteiger partial charge in [-0.15, -0.1) is 0 Å². The zero-order chi connectivity index (χ0) is 23.2. The van der Waals surface area contributed by atoms with Crippen LogP contribution in [-0.4, -0.2) is 47.8 Å². The Bertz CT molecular complexity index is 1200. The molecule has 4 rings (SSSR count). The molecule has 1 aromatic heterocycles. The number of benzene rings is 2. The quantitative estimate of drug-likeness (QED) is 0.532. The molecule has 1 amide bonds. The highest BCUT2D eigenvalue weighted by molar-refractivity contribution is 7.99. The molecule has 0 bridgehead atoms. The predicted molar refractivity (Wildman–Crippen MR) is 131 cm³/mol. The molecule has 6 nitrogen and oxygen atoms in total. The van der Waals surface area contributed by atoms with Crippen LogP contribution in [0.3, 0.4) is 0 Å².